The second kappa shape index (κ2) is 4.56. The predicted molar refractivity (Wildman–Crippen MR) is 59.8 cm³/mol. The van der Waals surface area contributed by atoms with E-state index in [0.29, 0.717) is 5.75 Å². The molecule has 1 rings (SSSR count). The van der Waals surface area contributed by atoms with Gasteiger partial charge in [-0.15, -0.1) is 0 Å². The average Bonchev–Trinajstić information content (AvgIpc) is 2.09. The van der Waals surface area contributed by atoms with Crippen molar-refractivity contribution in [2.45, 2.75) is 26.7 Å². The first-order valence-electron chi connectivity index (χ1n) is 4.55. The Morgan fingerprint density at radius 1 is 1.23 bits per heavy atom. The molecule has 1 nitrogen and oxygen atoms in total. The van der Waals surface area contributed by atoms with Gasteiger partial charge in [0.05, 0.1) is 0 Å². The number of benzene rings is 1. The second-order valence-electron chi connectivity index (χ2n) is 3.39. The number of phenols is 1. The summed E-state index contributed by atoms with van der Waals surface area (Å²) in [6.45, 7) is 4.08. The molecule has 0 aliphatic carbocycles. The Bertz CT molecular complexity index is 294. The minimum Gasteiger partial charge on any atom is -0.508 e. The molecule has 2 heteroatoms. The number of aryl methyl sites for hydroxylation is 3. The number of phenolic OH excluding ortho intramolecular Hbond substituents is 1. The van der Waals surface area contributed by atoms with Crippen LogP contribution in [0.15, 0.2) is 12.1 Å². The van der Waals surface area contributed by atoms with E-state index in [-0.39, 0.29) is 0 Å². The lowest BCUT2D eigenvalue weighted by Gasteiger charge is -2.07. The van der Waals surface area contributed by atoms with Crippen LogP contribution >= 0.6 is 12.6 Å². The van der Waals surface area contributed by atoms with Crippen molar-refractivity contribution in [2.75, 3.05) is 5.75 Å². The summed E-state index contributed by atoms with van der Waals surface area (Å²) >= 11 is 4.15. The number of hydrogen-bond acceptors (Lipinski definition) is 2. The highest BCUT2D eigenvalue weighted by molar-refractivity contribution is 7.80. The Morgan fingerprint density at radius 3 is 2.46 bits per heavy atom. The summed E-state index contributed by atoms with van der Waals surface area (Å²) in [5.41, 5.74) is 3.43. The molecule has 1 N–H and O–H groups in total. The Kier molecular flexibility index (Phi) is 3.67. The number of aromatic hydroxyl groups is 1. The normalized spacial score (nSPS) is 10.4. The van der Waals surface area contributed by atoms with Crippen LogP contribution in [-0.4, -0.2) is 10.9 Å². The number of hydrogen-bond donors (Lipinski definition) is 2. The summed E-state index contributed by atoms with van der Waals surface area (Å²) in [7, 11) is 0. The van der Waals surface area contributed by atoms with Crippen LogP contribution in [-0.2, 0) is 6.42 Å². The molecule has 72 valence electrons. The van der Waals surface area contributed by atoms with E-state index in [0.717, 1.165) is 29.7 Å². The maximum atomic E-state index is 9.62. The molecule has 0 unspecified atom stereocenters. The molecular weight excluding hydrogens is 180 g/mol. The van der Waals surface area contributed by atoms with Crippen LogP contribution < -0.4 is 0 Å². The summed E-state index contributed by atoms with van der Waals surface area (Å²) in [4.78, 5) is 0. The van der Waals surface area contributed by atoms with Crippen LogP contribution in [0.3, 0.4) is 0 Å². The maximum Gasteiger partial charge on any atom is 0.119 e. The highest BCUT2D eigenvalue weighted by Gasteiger charge is 2.03. The summed E-state index contributed by atoms with van der Waals surface area (Å²) < 4.78 is 0. The van der Waals surface area contributed by atoms with Gasteiger partial charge in [0.1, 0.15) is 5.75 Å². The average molecular weight is 196 g/mol. The number of thiol groups is 1. The molecule has 0 aliphatic heterocycles. The fraction of sp³-hybridized carbons (Fsp3) is 0.455. The van der Waals surface area contributed by atoms with Gasteiger partial charge in [-0.1, -0.05) is 6.07 Å². The van der Waals surface area contributed by atoms with E-state index in [1.165, 1.54) is 5.56 Å². The van der Waals surface area contributed by atoms with Crippen LogP contribution in [0.25, 0.3) is 0 Å². The number of rotatable bonds is 3. The fourth-order valence-electron chi connectivity index (χ4n) is 1.33. The lowest BCUT2D eigenvalue weighted by atomic mass is 10.0. The van der Waals surface area contributed by atoms with Gasteiger partial charge >= 0.3 is 0 Å². The SMILES string of the molecule is Cc1cc(O)c(CCCS)cc1C. The van der Waals surface area contributed by atoms with Gasteiger partial charge in [0.15, 0.2) is 0 Å². The largest absolute Gasteiger partial charge is 0.508 e. The van der Waals surface area contributed by atoms with Crippen LogP contribution in [0.2, 0.25) is 0 Å². The molecule has 0 heterocycles. The molecule has 0 fully saturated rings. The van der Waals surface area contributed by atoms with Gasteiger partial charge in [0.25, 0.3) is 0 Å². The smallest absolute Gasteiger partial charge is 0.119 e. The molecular formula is C11H16OS. The first kappa shape index (κ1) is 10.5. The molecule has 0 atom stereocenters. The molecule has 1 aromatic carbocycles. The standard InChI is InChI=1S/C11H16OS/c1-8-6-10(4-3-5-13)11(12)7-9(8)2/h6-7,12-13H,3-5H2,1-2H3. The van der Waals surface area contributed by atoms with Crippen molar-refractivity contribution < 1.29 is 5.11 Å². The predicted octanol–water partition coefficient (Wildman–Crippen LogP) is 2.87. The molecule has 13 heavy (non-hydrogen) atoms. The molecule has 0 saturated heterocycles. The van der Waals surface area contributed by atoms with E-state index in [1.54, 1.807) is 0 Å². The first-order chi connectivity index (χ1) is 6.15. The van der Waals surface area contributed by atoms with Crippen molar-refractivity contribution in [3.05, 3.63) is 28.8 Å². The summed E-state index contributed by atoms with van der Waals surface area (Å²) in [5, 5.41) is 9.62. The maximum absolute atomic E-state index is 9.62. The summed E-state index contributed by atoms with van der Waals surface area (Å²) in [6.07, 6.45) is 1.93. The van der Waals surface area contributed by atoms with Crippen molar-refractivity contribution in [3.8, 4) is 5.75 Å². The Morgan fingerprint density at radius 2 is 1.85 bits per heavy atom. The van der Waals surface area contributed by atoms with E-state index < -0.39 is 0 Å². The van der Waals surface area contributed by atoms with Crippen molar-refractivity contribution in [3.63, 3.8) is 0 Å². The van der Waals surface area contributed by atoms with E-state index in [1.807, 2.05) is 13.0 Å². The van der Waals surface area contributed by atoms with E-state index in [9.17, 15) is 5.11 Å². The summed E-state index contributed by atoms with van der Waals surface area (Å²) in [6, 6.07) is 3.90. The Hall–Kier alpha value is -0.630. The zero-order chi connectivity index (χ0) is 9.84. The Labute approximate surface area is 85.2 Å². The Balaban J connectivity index is 2.88. The zero-order valence-electron chi connectivity index (χ0n) is 8.17. The van der Waals surface area contributed by atoms with Crippen LogP contribution in [0.1, 0.15) is 23.1 Å². The highest BCUT2D eigenvalue weighted by Crippen LogP contribution is 2.22. The second-order valence-corrected chi connectivity index (χ2v) is 3.84. The van der Waals surface area contributed by atoms with Gasteiger partial charge in [0, 0.05) is 0 Å². The van der Waals surface area contributed by atoms with Gasteiger partial charge < -0.3 is 5.11 Å². The third-order valence-corrected chi connectivity index (χ3v) is 2.62. The van der Waals surface area contributed by atoms with Gasteiger partial charge in [-0.3, -0.25) is 0 Å². The first-order valence-corrected chi connectivity index (χ1v) is 5.18. The van der Waals surface area contributed by atoms with E-state index in [4.69, 9.17) is 0 Å². The monoisotopic (exact) mass is 196 g/mol. The van der Waals surface area contributed by atoms with Crippen LogP contribution in [0.5, 0.6) is 5.75 Å². The topological polar surface area (TPSA) is 20.2 Å². The molecule has 0 aromatic heterocycles. The van der Waals surface area contributed by atoms with Gasteiger partial charge in [-0.2, -0.15) is 12.6 Å². The molecule has 0 radical (unpaired) electrons. The van der Waals surface area contributed by atoms with E-state index >= 15 is 0 Å². The molecule has 0 spiro atoms. The lowest BCUT2D eigenvalue weighted by Crippen LogP contribution is -1.90. The van der Waals surface area contributed by atoms with E-state index in [2.05, 4.69) is 25.6 Å². The molecule has 0 amide bonds. The highest BCUT2D eigenvalue weighted by atomic mass is 32.1. The minimum atomic E-state index is 0.421. The quantitative estimate of drug-likeness (QED) is 0.712. The molecule has 0 aliphatic rings. The van der Waals surface area contributed by atoms with Gasteiger partial charge in [-0.25, -0.2) is 0 Å². The van der Waals surface area contributed by atoms with Crippen molar-refractivity contribution in [1.29, 1.82) is 0 Å². The van der Waals surface area contributed by atoms with Crippen LogP contribution in [0, 0.1) is 13.8 Å². The summed E-state index contributed by atoms with van der Waals surface area (Å²) in [5.74, 6) is 1.29. The molecule has 0 saturated carbocycles. The van der Waals surface area contributed by atoms with Crippen molar-refractivity contribution >= 4 is 12.6 Å². The minimum absolute atomic E-state index is 0.421. The van der Waals surface area contributed by atoms with Gasteiger partial charge in [-0.05, 0) is 55.2 Å². The lowest BCUT2D eigenvalue weighted by molar-refractivity contribution is 0.467. The fourth-order valence-corrected chi connectivity index (χ4v) is 1.49. The third-order valence-electron chi connectivity index (χ3n) is 2.30. The molecule has 1 aromatic rings. The third kappa shape index (κ3) is 2.66. The molecule has 0 bridgehead atoms. The zero-order valence-corrected chi connectivity index (χ0v) is 9.06. The van der Waals surface area contributed by atoms with Crippen LogP contribution in [0.4, 0.5) is 0 Å². The van der Waals surface area contributed by atoms with Crippen molar-refractivity contribution in [1.82, 2.24) is 0 Å². The van der Waals surface area contributed by atoms with Gasteiger partial charge in [0.2, 0.25) is 0 Å². The van der Waals surface area contributed by atoms with Crippen molar-refractivity contribution in [2.24, 2.45) is 0 Å².